The van der Waals surface area contributed by atoms with Crippen molar-refractivity contribution in [2.45, 2.75) is 50.9 Å². The minimum absolute atomic E-state index is 0.0777. The van der Waals surface area contributed by atoms with Gasteiger partial charge in [0, 0.05) is 23.4 Å². The van der Waals surface area contributed by atoms with Crippen LogP contribution in [0.4, 0.5) is 0 Å². The molecule has 1 saturated carbocycles. The number of benzene rings is 1. The highest BCUT2D eigenvalue weighted by Crippen LogP contribution is 2.41. The van der Waals surface area contributed by atoms with Gasteiger partial charge in [-0.15, -0.1) is 11.3 Å². The van der Waals surface area contributed by atoms with Crippen LogP contribution in [0.2, 0.25) is 5.02 Å². The lowest BCUT2D eigenvalue weighted by molar-refractivity contribution is -0.151. The molecule has 1 aromatic carbocycles. The van der Waals surface area contributed by atoms with E-state index in [0.717, 1.165) is 29.7 Å². The van der Waals surface area contributed by atoms with Crippen molar-refractivity contribution in [2.24, 2.45) is 0 Å². The molecule has 3 rings (SSSR count). The fourth-order valence-corrected chi connectivity index (χ4v) is 5.04. The van der Waals surface area contributed by atoms with Gasteiger partial charge in [0.05, 0.1) is 10.3 Å². The second kappa shape index (κ2) is 10.2. The maximum absolute atomic E-state index is 13.1. The molecule has 0 saturated heterocycles. The number of hydrogen-bond donors (Lipinski definition) is 1. The third-order valence-electron chi connectivity index (χ3n) is 5.49. The van der Waals surface area contributed by atoms with Gasteiger partial charge in [-0.25, -0.2) is 0 Å². The Morgan fingerprint density at radius 1 is 1.13 bits per heavy atom. The molecule has 1 amide bonds. The molecule has 160 valence electrons. The predicted molar refractivity (Wildman–Crippen MR) is 118 cm³/mol. The van der Waals surface area contributed by atoms with E-state index in [2.05, 4.69) is 5.32 Å². The number of carbonyl (C=O) groups is 3. The zero-order valence-corrected chi connectivity index (χ0v) is 18.6. The molecule has 1 fully saturated rings. The molecule has 1 aliphatic rings. The Bertz CT molecular complexity index is 917. The second-order valence-corrected chi connectivity index (χ2v) is 9.26. The van der Waals surface area contributed by atoms with Crippen LogP contribution in [-0.2, 0) is 26.2 Å². The van der Waals surface area contributed by atoms with Crippen LogP contribution in [0.1, 0.15) is 59.1 Å². The number of rotatable bonds is 8. The van der Waals surface area contributed by atoms with Gasteiger partial charge in [-0.1, -0.05) is 43.0 Å². The average molecular weight is 448 g/mol. The summed E-state index contributed by atoms with van der Waals surface area (Å²) in [5.41, 5.74) is 0.131. The van der Waals surface area contributed by atoms with E-state index in [1.807, 2.05) is 24.3 Å². The molecule has 1 N–H and O–H groups in total. The number of nitrogens with one attached hydrogen (secondary N) is 1. The van der Waals surface area contributed by atoms with Crippen LogP contribution in [0, 0.1) is 0 Å². The van der Waals surface area contributed by atoms with E-state index in [9.17, 15) is 14.4 Å². The van der Waals surface area contributed by atoms with Crippen LogP contribution in [0.15, 0.2) is 36.4 Å². The minimum atomic E-state index is -0.734. The summed E-state index contributed by atoms with van der Waals surface area (Å²) in [7, 11) is 0. The van der Waals surface area contributed by atoms with Crippen LogP contribution in [0.3, 0.4) is 0 Å². The Balaban J connectivity index is 1.63. The van der Waals surface area contributed by atoms with Crippen molar-refractivity contribution in [2.75, 3.05) is 13.2 Å². The number of halogens is 1. The Hall–Kier alpha value is -2.18. The van der Waals surface area contributed by atoms with Crippen LogP contribution in [0.25, 0.3) is 0 Å². The van der Waals surface area contributed by atoms with Gasteiger partial charge < -0.3 is 10.1 Å². The average Bonchev–Trinajstić information content (AvgIpc) is 3.21. The fourth-order valence-electron chi connectivity index (χ4n) is 3.92. The van der Waals surface area contributed by atoms with Gasteiger partial charge in [-0.3, -0.25) is 14.4 Å². The number of carbonyl (C=O) groups excluding carboxylic acids is 3. The number of esters is 1. The van der Waals surface area contributed by atoms with E-state index in [1.54, 1.807) is 12.1 Å². The molecule has 5 nitrogen and oxygen atoms in total. The number of ketones is 1. The lowest BCUT2D eigenvalue weighted by atomic mass is 9.69. The molecule has 0 spiro atoms. The van der Waals surface area contributed by atoms with Gasteiger partial charge in [-0.2, -0.15) is 0 Å². The van der Waals surface area contributed by atoms with Gasteiger partial charge >= 0.3 is 5.97 Å². The molecule has 0 aliphatic heterocycles. The normalized spacial score (nSPS) is 15.4. The maximum atomic E-state index is 13.1. The number of amides is 1. The van der Waals surface area contributed by atoms with Gasteiger partial charge in [0.2, 0.25) is 11.7 Å². The number of Topliss-reactive ketones (excluding diaryl/α,β-unsaturated/α-hetero) is 1. The molecule has 0 atom stereocenters. The topological polar surface area (TPSA) is 72.5 Å². The highest BCUT2D eigenvalue weighted by atomic mass is 35.5. The van der Waals surface area contributed by atoms with E-state index in [0.29, 0.717) is 35.7 Å². The molecule has 0 bridgehead atoms. The van der Waals surface area contributed by atoms with Gasteiger partial charge in [0.15, 0.2) is 6.61 Å². The highest BCUT2D eigenvalue weighted by molar-refractivity contribution is 7.14. The van der Waals surface area contributed by atoms with Crippen LogP contribution in [0.5, 0.6) is 0 Å². The summed E-state index contributed by atoms with van der Waals surface area (Å²) in [6, 6.07) is 11.0. The quantitative estimate of drug-likeness (QED) is 0.470. The first-order valence-corrected chi connectivity index (χ1v) is 11.4. The molecule has 1 heterocycles. The van der Waals surface area contributed by atoms with E-state index in [-0.39, 0.29) is 24.3 Å². The second-order valence-electron chi connectivity index (χ2n) is 7.65. The smallest absolute Gasteiger partial charge is 0.317 e. The van der Waals surface area contributed by atoms with E-state index in [4.69, 9.17) is 16.3 Å². The summed E-state index contributed by atoms with van der Waals surface area (Å²) in [6.07, 6.45) is 5.04. The lowest BCUT2D eigenvalue weighted by Crippen LogP contribution is -2.40. The monoisotopic (exact) mass is 447 g/mol. The summed E-state index contributed by atoms with van der Waals surface area (Å²) < 4.78 is 5.54. The molecular weight excluding hydrogens is 422 g/mol. The van der Waals surface area contributed by atoms with Crippen molar-refractivity contribution >= 4 is 40.6 Å². The third kappa shape index (κ3) is 5.49. The molecule has 1 aliphatic carbocycles. The standard InChI is InChI=1S/C23H26ClNO4S/c1-16(26)25-13-10-19-8-9-21(30-19)20(27)15-29-22(28)23(11-3-2-4-12-23)17-6-5-7-18(24)14-17/h5-9,14H,2-4,10-13,15H2,1H3,(H,25,26). The maximum Gasteiger partial charge on any atom is 0.317 e. The first-order chi connectivity index (χ1) is 14.4. The van der Waals surface area contributed by atoms with E-state index in [1.165, 1.54) is 18.3 Å². The number of hydrogen-bond acceptors (Lipinski definition) is 5. The Morgan fingerprint density at radius 3 is 2.60 bits per heavy atom. The lowest BCUT2D eigenvalue weighted by Gasteiger charge is -2.35. The van der Waals surface area contributed by atoms with Crippen molar-refractivity contribution in [3.63, 3.8) is 0 Å². The zero-order valence-electron chi connectivity index (χ0n) is 17.0. The van der Waals surface area contributed by atoms with Crippen molar-refractivity contribution in [3.05, 3.63) is 56.7 Å². The van der Waals surface area contributed by atoms with Crippen LogP contribution >= 0.6 is 22.9 Å². The zero-order chi connectivity index (χ0) is 21.6. The largest absolute Gasteiger partial charge is 0.457 e. The molecule has 7 heteroatoms. The third-order valence-corrected chi connectivity index (χ3v) is 6.91. The number of ether oxygens (including phenoxy) is 1. The van der Waals surface area contributed by atoms with Crippen LogP contribution < -0.4 is 5.32 Å². The SMILES string of the molecule is CC(=O)NCCc1ccc(C(=O)COC(=O)C2(c3cccc(Cl)c3)CCCCC2)s1. The van der Waals surface area contributed by atoms with Crippen molar-refractivity contribution in [1.29, 1.82) is 0 Å². The summed E-state index contributed by atoms with van der Waals surface area (Å²) in [5, 5.41) is 3.33. The van der Waals surface area contributed by atoms with Crippen molar-refractivity contribution < 1.29 is 19.1 Å². The molecule has 1 aromatic heterocycles. The minimum Gasteiger partial charge on any atom is -0.457 e. The van der Waals surface area contributed by atoms with Crippen LogP contribution in [-0.4, -0.2) is 30.8 Å². The Morgan fingerprint density at radius 2 is 1.90 bits per heavy atom. The molecule has 30 heavy (non-hydrogen) atoms. The highest BCUT2D eigenvalue weighted by Gasteiger charge is 2.43. The van der Waals surface area contributed by atoms with Crippen molar-refractivity contribution in [3.8, 4) is 0 Å². The fraction of sp³-hybridized carbons (Fsp3) is 0.435. The Kier molecular flexibility index (Phi) is 7.67. The summed E-state index contributed by atoms with van der Waals surface area (Å²) in [4.78, 5) is 38.2. The van der Waals surface area contributed by atoms with Gasteiger partial charge in [0.1, 0.15) is 0 Å². The molecule has 0 radical (unpaired) electrons. The first-order valence-electron chi connectivity index (χ1n) is 10.2. The van der Waals surface area contributed by atoms with E-state index < -0.39 is 5.41 Å². The Labute approximate surface area is 185 Å². The van der Waals surface area contributed by atoms with Gasteiger partial charge in [0.25, 0.3) is 0 Å². The summed E-state index contributed by atoms with van der Waals surface area (Å²) in [6.45, 7) is 1.73. The number of thiophene rings is 1. The molecule has 0 unspecified atom stereocenters. The summed E-state index contributed by atoms with van der Waals surface area (Å²) in [5.74, 6) is -0.637. The summed E-state index contributed by atoms with van der Waals surface area (Å²) >= 11 is 7.53. The van der Waals surface area contributed by atoms with Gasteiger partial charge in [-0.05, 0) is 49.1 Å². The molecule has 2 aromatic rings. The van der Waals surface area contributed by atoms with Crippen molar-refractivity contribution in [1.82, 2.24) is 5.32 Å². The first kappa shape index (κ1) is 22.5. The predicted octanol–water partition coefficient (Wildman–Crippen LogP) is 4.71. The molecular formula is C23H26ClNO4S. The van der Waals surface area contributed by atoms with E-state index >= 15 is 0 Å².